The second kappa shape index (κ2) is 9.09. The van der Waals surface area contributed by atoms with Crippen molar-refractivity contribution in [1.29, 1.82) is 0 Å². The first kappa shape index (κ1) is 20.7. The van der Waals surface area contributed by atoms with Crippen LogP contribution in [0, 0.1) is 6.92 Å². The van der Waals surface area contributed by atoms with E-state index in [-0.39, 0.29) is 0 Å². The number of aromatic nitrogens is 5. The van der Waals surface area contributed by atoms with Crippen LogP contribution in [-0.4, -0.2) is 46.2 Å². The molecule has 0 saturated heterocycles. The van der Waals surface area contributed by atoms with Gasteiger partial charge in [-0.2, -0.15) is 4.98 Å². The highest BCUT2D eigenvalue weighted by molar-refractivity contribution is 7.98. The molecule has 4 aromatic rings. The molecule has 2 aromatic heterocycles. The maximum absolute atomic E-state index is 5.44. The van der Waals surface area contributed by atoms with E-state index in [4.69, 9.17) is 18.7 Å². The number of methoxy groups -OCH3 is 3. The minimum absolute atomic E-state index is 0.430. The summed E-state index contributed by atoms with van der Waals surface area (Å²) in [6.45, 7) is 1.90. The van der Waals surface area contributed by atoms with Gasteiger partial charge in [0.2, 0.25) is 11.7 Å². The normalized spacial score (nSPS) is 10.8. The zero-order valence-corrected chi connectivity index (χ0v) is 18.3. The third-order valence-electron chi connectivity index (χ3n) is 4.57. The summed E-state index contributed by atoms with van der Waals surface area (Å²) in [5.74, 6) is 4.21. The number of ether oxygens (including phenoxy) is 3. The van der Waals surface area contributed by atoms with Gasteiger partial charge < -0.3 is 18.7 Å². The lowest BCUT2D eigenvalue weighted by atomic mass is 10.2. The summed E-state index contributed by atoms with van der Waals surface area (Å²) in [6.07, 6.45) is 0. The Morgan fingerprint density at radius 2 is 1.68 bits per heavy atom. The molecule has 0 fully saturated rings. The van der Waals surface area contributed by atoms with E-state index >= 15 is 0 Å². The molecule has 0 N–H and O–H groups in total. The third-order valence-corrected chi connectivity index (χ3v) is 5.48. The van der Waals surface area contributed by atoms with Crippen LogP contribution in [0.25, 0.3) is 17.1 Å². The average Bonchev–Trinajstić information content (AvgIpc) is 3.43. The van der Waals surface area contributed by atoms with E-state index in [0.717, 1.165) is 22.4 Å². The summed E-state index contributed by atoms with van der Waals surface area (Å²) in [7, 11) is 4.83. The van der Waals surface area contributed by atoms with E-state index in [2.05, 4.69) is 20.3 Å². The minimum Gasteiger partial charge on any atom is -0.497 e. The van der Waals surface area contributed by atoms with E-state index in [0.29, 0.717) is 34.5 Å². The maximum atomic E-state index is 5.44. The minimum atomic E-state index is 0.430. The number of benzene rings is 2. The van der Waals surface area contributed by atoms with Gasteiger partial charge in [-0.25, -0.2) is 0 Å². The Balaban J connectivity index is 1.54. The molecular weight excluding hydrogens is 418 g/mol. The first-order valence-electron chi connectivity index (χ1n) is 9.37. The van der Waals surface area contributed by atoms with Crippen LogP contribution in [0.3, 0.4) is 0 Å². The lowest BCUT2D eigenvalue weighted by molar-refractivity contribution is 0.389. The molecule has 160 valence electrons. The zero-order valence-electron chi connectivity index (χ0n) is 17.5. The molecule has 0 spiro atoms. The Hall–Kier alpha value is -3.53. The van der Waals surface area contributed by atoms with Gasteiger partial charge in [0.05, 0.1) is 32.6 Å². The average molecular weight is 439 g/mol. The van der Waals surface area contributed by atoms with Gasteiger partial charge in [0.25, 0.3) is 0 Å². The van der Waals surface area contributed by atoms with Crippen molar-refractivity contribution in [2.75, 3.05) is 21.3 Å². The molecule has 0 aliphatic rings. The predicted molar refractivity (Wildman–Crippen MR) is 115 cm³/mol. The first-order chi connectivity index (χ1) is 15.1. The van der Waals surface area contributed by atoms with Crippen LogP contribution in [0.4, 0.5) is 0 Å². The van der Waals surface area contributed by atoms with Crippen LogP contribution < -0.4 is 14.2 Å². The Morgan fingerprint density at radius 3 is 2.39 bits per heavy atom. The SMILES string of the molecule is COc1ccc(-n2c(C)nnc2SCc2nc(-c3cc(OC)ccc3OC)no2)cc1. The predicted octanol–water partition coefficient (Wildman–Crippen LogP) is 3.94. The summed E-state index contributed by atoms with van der Waals surface area (Å²) in [6, 6.07) is 13.1. The zero-order chi connectivity index (χ0) is 21.8. The van der Waals surface area contributed by atoms with Crippen molar-refractivity contribution >= 4 is 11.8 Å². The van der Waals surface area contributed by atoms with E-state index in [1.807, 2.05) is 47.9 Å². The lowest BCUT2D eigenvalue weighted by Gasteiger charge is -2.08. The van der Waals surface area contributed by atoms with Gasteiger partial charge in [0.1, 0.15) is 23.1 Å². The second-order valence-electron chi connectivity index (χ2n) is 6.43. The van der Waals surface area contributed by atoms with Gasteiger partial charge in [-0.05, 0) is 49.4 Å². The number of nitrogens with zero attached hydrogens (tertiary/aromatic N) is 5. The highest BCUT2D eigenvalue weighted by Crippen LogP contribution is 2.32. The number of hydrogen-bond acceptors (Lipinski definition) is 9. The monoisotopic (exact) mass is 439 g/mol. The topological polar surface area (TPSA) is 97.3 Å². The van der Waals surface area contributed by atoms with Crippen molar-refractivity contribution in [3.8, 4) is 34.3 Å². The van der Waals surface area contributed by atoms with Gasteiger partial charge in [0.15, 0.2) is 5.16 Å². The Kier molecular flexibility index (Phi) is 6.08. The molecule has 0 aliphatic carbocycles. The second-order valence-corrected chi connectivity index (χ2v) is 7.37. The van der Waals surface area contributed by atoms with Crippen LogP contribution in [0.5, 0.6) is 17.2 Å². The van der Waals surface area contributed by atoms with Crippen molar-refractivity contribution in [2.45, 2.75) is 17.8 Å². The van der Waals surface area contributed by atoms with E-state index in [1.54, 1.807) is 27.4 Å². The quantitative estimate of drug-likeness (QED) is 0.378. The molecule has 31 heavy (non-hydrogen) atoms. The highest BCUT2D eigenvalue weighted by Gasteiger charge is 2.17. The van der Waals surface area contributed by atoms with Crippen molar-refractivity contribution in [3.05, 3.63) is 54.2 Å². The van der Waals surface area contributed by atoms with Crippen LogP contribution in [0.15, 0.2) is 52.1 Å². The lowest BCUT2D eigenvalue weighted by Crippen LogP contribution is -1.99. The molecule has 4 rings (SSSR count). The van der Waals surface area contributed by atoms with Crippen LogP contribution in [0.1, 0.15) is 11.7 Å². The number of hydrogen-bond donors (Lipinski definition) is 0. The van der Waals surface area contributed by atoms with E-state index in [9.17, 15) is 0 Å². The summed E-state index contributed by atoms with van der Waals surface area (Å²) in [4.78, 5) is 4.50. The highest BCUT2D eigenvalue weighted by atomic mass is 32.2. The van der Waals surface area contributed by atoms with Crippen LogP contribution in [0.2, 0.25) is 0 Å². The Morgan fingerprint density at radius 1 is 0.935 bits per heavy atom. The molecule has 0 bridgehead atoms. The summed E-state index contributed by atoms with van der Waals surface area (Å²) in [5, 5.41) is 13.3. The maximum Gasteiger partial charge on any atom is 0.237 e. The fraction of sp³-hybridized carbons (Fsp3) is 0.238. The Labute approximate surface area is 183 Å². The van der Waals surface area contributed by atoms with Gasteiger partial charge >= 0.3 is 0 Å². The van der Waals surface area contributed by atoms with Crippen molar-refractivity contribution < 1.29 is 18.7 Å². The van der Waals surface area contributed by atoms with Crippen LogP contribution in [-0.2, 0) is 5.75 Å². The third kappa shape index (κ3) is 4.33. The molecule has 2 aromatic carbocycles. The number of thioether (sulfide) groups is 1. The number of rotatable bonds is 8. The summed E-state index contributed by atoms with van der Waals surface area (Å²) in [5.41, 5.74) is 1.64. The standard InChI is InChI=1S/C21H21N5O4S/c1-13-23-24-21(26(13)14-5-7-15(27-2)8-6-14)31-12-19-22-20(25-30-19)17-11-16(28-3)9-10-18(17)29-4/h5-11H,12H2,1-4H3. The molecule has 0 atom stereocenters. The van der Waals surface area contributed by atoms with Gasteiger partial charge in [0, 0.05) is 5.69 Å². The number of aryl methyl sites for hydroxylation is 1. The molecule has 0 amide bonds. The van der Waals surface area contributed by atoms with E-state index < -0.39 is 0 Å². The summed E-state index contributed by atoms with van der Waals surface area (Å²) < 4.78 is 23.3. The van der Waals surface area contributed by atoms with E-state index in [1.165, 1.54) is 11.8 Å². The smallest absolute Gasteiger partial charge is 0.237 e. The van der Waals surface area contributed by atoms with Crippen LogP contribution >= 0.6 is 11.8 Å². The van der Waals surface area contributed by atoms with Crippen molar-refractivity contribution in [3.63, 3.8) is 0 Å². The first-order valence-corrected chi connectivity index (χ1v) is 10.4. The fourth-order valence-electron chi connectivity index (χ4n) is 3.00. The largest absolute Gasteiger partial charge is 0.497 e. The molecule has 0 radical (unpaired) electrons. The van der Waals surface area contributed by atoms with Gasteiger partial charge in [-0.15, -0.1) is 10.2 Å². The fourth-order valence-corrected chi connectivity index (χ4v) is 3.84. The molecule has 2 heterocycles. The van der Waals surface area contributed by atoms with Crippen molar-refractivity contribution in [1.82, 2.24) is 24.9 Å². The van der Waals surface area contributed by atoms with Gasteiger partial charge in [-0.3, -0.25) is 4.57 Å². The molecule has 0 unspecified atom stereocenters. The van der Waals surface area contributed by atoms with Gasteiger partial charge in [-0.1, -0.05) is 16.9 Å². The Bertz CT molecular complexity index is 1170. The summed E-state index contributed by atoms with van der Waals surface area (Å²) >= 11 is 1.46. The molecule has 9 nitrogen and oxygen atoms in total. The molecule has 10 heteroatoms. The molecular formula is C21H21N5O4S. The molecule has 0 aliphatic heterocycles. The molecule has 0 saturated carbocycles. The van der Waals surface area contributed by atoms with Crippen molar-refractivity contribution in [2.24, 2.45) is 0 Å².